The normalized spacial score (nSPS) is 24.6. The second-order valence-electron chi connectivity index (χ2n) is 6.30. The molecule has 0 aromatic rings. The second kappa shape index (κ2) is 9.26. The van der Waals surface area contributed by atoms with Gasteiger partial charge in [0.15, 0.2) is 5.96 Å². The van der Waals surface area contributed by atoms with E-state index in [1.54, 1.807) is 0 Å². The number of aliphatic imine (C=N–C) groups is 1. The minimum Gasteiger partial charge on any atom is -0.381 e. The molecule has 0 bridgehead atoms. The van der Waals surface area contributed by atoms with E-state index in [-0.39, 0.29) is 0 Å². The third-order valence-electron chi connectivity index (χ3n) is 4.42. The molecule has 0 aromatic heterocycles. The lowest BCUT2D eigenvalue weighted by Crippen LogP contribution is -2.45. The molecule has 0 radical (unpaired) electrons. The molecule has 2 aliphatic heterocycles. The van der Waals surface area contributed by atoms with Crippen LogP contribution in [0.1, 0.15) is 32.6 Å². The summed E-state index contributed by atoms with van der Waals surface area (Å²) in [6, 6.07) is 0. The molecule has 0 amide bonds. The Balaban J connectivity index is 1.52. The maximum atomic E-state index is 5.72. The molecular formula is C16H31N3O2. The van der Waals surface area contributed by atoms with Crippen LogP contribution in [0.2, 0.25) is 0 Å². The predicted molar refractivity (Wildman–Crippen MR) is 85.7 cm³/mol. The van der Waals surface area contributed by atoms with Crippen LogP contribution >= 0.6 is 0 Å². The smallest absolute Gasteiger partial charge is 0.193 e. The Hall–Kier alpha value is -0.810. The molecule has 0 saturated carbocycles. The van der Waals surface area contributed by atoms with E-state index in [1.807, 2.05) is 7.05 Å². The first-order valence-electron chi connectivity index (χ1n) is 8.40. The Morgan fingerprint density at radius 2 is 2.14 bits per heavy atom. The van der Waals surface area contributed by atoms with Crippen molar-refractivity contribution in [1.82, 2.24) is 10.2 Å². The van der Waals surface area contributed by atoms with Crippen LogP contribution in [0.25, 0.3) is 0 Å². The largest absolute Gasteiger partial charge is 0.381 e. The standard InChI is InChI=1S/C16H31N3O2/c1-14-4-8-19(9-5-14)16(17-2)18-7-3-10-20-12-15-6-11-21-13-15/h14-15H,3-13H2,1-2H3,(H,17,18). The highest BCUT2D eigenvalue weighted by molar-refractivity contribution is 5.79. The van der Waals surface area contributed by atoms with Crippen LogP contribution in [0.5, 0.6) is 0 Å². The van der Waals surface area contributed by atoms with Crippen molar-refractivity contribution in [1.29, 1.82) is 0 Å². The molecule has 1 unspecified atom stereocenters. The van der Waals surface area contributed by atoms with Gasteiger partial charge in [-0.1, -0.05) is 6.92 Å². The van der Waals surface area contributed by atoms with Crippen LogP contribution < -0.4 is 5.32 Å². The number of ether oxygens (including phenoxy) is 2. The highest BCUT2D eigenvalue weighted by Gasteiger charge is 2.18. The SMILES string of the molecule is CN=C(NCCCOCC1CCOC1)N1CCC(C)CC1. The van der Waals surface area contributed by atoms with Crippen molar-refractivity contribution in [3.8, 4) is 0 Å². The topological polar surface area (TPSA) is 46.1 Å². The average Bonchev–Trinajstić information content (AvgIpc) is 3.01. The first kappa shape index (κ1) is 16.6. The lowest BCUT2D eigenvalue weighted by atomic mass is 10.00. The summed E-state index contributed by atoms with van der Waals surface area (Å²) >= 11 is 0. The minimum absolute atomic E-state index is 0.612. The lowest BCUT2D eigenvalue weighted by molar-refractivity contribution is 0.0887. The number of hydrogen-bond acceptors (Lipinski definition) is 3. The number of hydrogen-bond donors (Lipinski definition) is 1. The minimum atomic E-state index is 0.612. The van der Waals surface area contributed by atoms with Gasteiger partial charge in [-0.15, -0.1) is 0 Å². The van der Waals surface area contributed by atoms with Gasteiger partial charge in [0.05, 0.1) is 13.2 Å². The zero-order chi connectivity index (χ0) is 14.9. The Kier molecular flexibility index (Phi) is 7.30. The quantitative estimate of drug-likeness (QED) is 0.461. The maximum Gasteiger partial charge on any atom is 0.193 e. The molecular weight excluding hydrogens is 266 g/mol. The van der Waals surface area contributed by atoms with Crippen LogP contribution in [-0.2, 0) is 9.47 Å². The van der Waals surface area contributed by atoms with Crippen molar-refractivity contribution in [3.05, 3.63) is 0 Å². The van der Waals surface area contributed by atoms with Crippen LogP contribution in [0.3, 0.4) is 0 Å². The monoisotopic (exact) mass is 297 g/mol. The van der Waals surface area contributed by atoms with E-state index in [9.17, 15) is 0 Å². The van der Waals surface area contributed by atoms with Gasteiger partial charge in [0.25, 0.3) is 0 Å². The van der Waals surface area contributed by atoms with E-state index < -0.39 is 0 Å². The fraction of sp³-hybridized carbons (Fsp3) is 0.938. The van der Waals surface area contributed by atoms with Gasteiger partial charge in [-0.2, -0.15) is 0 Å². The first-order chi connectivity index (χ1) is 10.3. The van der Waals surface area contributed by atoms with E-state index in [0.717, 1.165) is 70.8 Å². The molecule has 21 heavy (non-hydrogen) atoms. The number of piperidine rings is 1. The Morgan fingerprint density at radius 3 is 2.81 bits per heavy atom. The van der Waals surface area contributed by atoms with Gasteiger partial charge in [-0.3, -0.25) is 4.99 Å². The Bertz CT molecular complexity index is 309. The molecule has 0 aliphatic carbocycles. The van der Waals surface area contributed by atoms with Gasteiger partial charge in [0.1, 0.15) is 0 Å². The molecule has 2 saturated heterocycles. The zero-order valence-corrected chi connectivity index (χ0v) is 13.6. The Morgan fingerprint density at radius 1 is 1.33 bits per heavy atom. The summed E-state index contributed by atoms with van der Waals surface area (Å²) in [5, 5.41) is 3.45. The summed E-state index contributed by atoms with van der Waals surface area (Å²) in [4.78, 5) is 6.76. The van der Waals surface area contributed by atoms with Crippen molar-refractivity contribution in [3.63, 3.8) is 0 Å². The van der Waals surface area contributed by atoms with Gasteiger partial charge in [0.2, 0.25) is 0 Å². The molecule has 122 valence electrons. The molecule has 5 heteroatoms. The molecule has 1 N–H and O–H groups in total. The van der Waals surface area contributed by atoms with Crippen molar-refractivity contribution < 1.29 is 9.47 Å². The number of guanidine groups is 1. The van der Waals surface area contributed by atoms with E-state index >= 15 is 0 Å². The van der Waals surface area contributed by atoms with Crippen LogP contribution in [0, 0.1) is 11.8 Å². The molecule has 2 rings (SSSR count). The number of rotatable bonds is 6. The molecule has 0 spiro atoms. The molecule has 5 nitrogen and oxygen atoms in total. The summed E-state index contributed by atoms with van der Waals surface area (Å²) < 4.78 is 11.1. The van der Waals surface area contributed by atoms with Gasteiger partial charge in [-0.25, -0.2) is 0 Å². The number of likely N-dealkylation sites (tertiary alicyclic amines) is 1. The molecule has 0 aromatic carbocycles. The van der Waals surface area contributed by atoms with Crippen molar-refractivity contribution in [2.75, 3.05) is 53.1 Å². The number of nitrogens with zero attached hydrogens (tertiary/aromatic N) is 2. The van der Waals surface area contributed by atoms with E-state index in [2.05, 4.69) is 22.1 Å². The summed E-state index contributed by atoms with van der Waals surface area (Å²) in [5.41, 5.74) is 0. The fourth-order valence-corrected chi connectivity index (χ4v) is 2.89. The van der Waals surface area contributed by atoms with Crippen molar-refractivity contribution >= 4 is 5.96 Å². The lowest BCUT2D eigenvalue weighted by Gasteiger charge is -2.32. The van der Waals surface area contributed by atoms with E-state index in [4.69, 9.17) is 9.47 Å². The van der Waals surface area contributed by atoms with Crippen LogP contribution in [0.4, 0.5) is 0 Å². The van der Waals surface area contributed by atoms with Gasteiger partial charge in [-0.05, 0) is 31.6 Å². The van der Waals surface area contributed by atoms with Crippen molar-refractivity contribution in [2.45, 2.75) is 32.6 Å². The summed E-state index contributed by atoms with van der Waals surface area (Å²) in [6.45, 7) is 8.95. The zero-order valence-electron chi connectivity index (χ0n) is 13.6. The van der Waals surface area contributed by atoms with Crippen molar-refractivity contribution in [2.24, 2.45) is 16.8 Å². The second-order valence-corrected chi connectivity index (χ2v) is 6.30. The molecule has 2 fully saturated rings. The van der Waals surface area contributed by atoms with E-state index in [0.29, 0.717) is 5.92 Å². The first-order valence-corrected chi connectivity index (χ1v) is 8.40. The number of nitrogens with one attached hydrogen (secondary N) is 1. The van der Waals surface area contributed by atoms with Crippen LogP contribution in [0.15, 0.2) is 4.99 Å². The third kappa shape index (κ3) is 5.83. The summed E-state index contributed by atoms with van der Waals surface area (Å²) in [5.74, 6) is 2.51. The Labute approximate surface area is 129 Å². The fourth-order valence-electron chi connectivity index (χ4n) is 2.89. The van der Waals surface area contributed by atoms with E-state index in [1.165, 1.54) is 12.8 Å². The van der Waals surface area contributed by atoms with Gasteiger partial charge in [0, 0.05) is 45.8 Å². The van der Waals surface area contributed by atoms with Gasteiger partial charge < -0.3 is 19.7 Å². The highest BCUT2D eigenvalue weighted by atomic mass is 16.5. The highest BCUT2D eigenvalue weighted by Crippen LogP contribution is 2.15. The van der Waals surface area contributed by atoms with Crippen LogP contribution in [-0.4, -0.2) is 64.0 Å². The summed E-state index contributed by atoms with van der Waals surface area (Å²) in [6.07, 6.45) is 4.72. The molecule has 1 atom stereocenters. The predicted octanol–water partition coefficient (Wildman–Crippen LogP) is 1.74. The average molecular weight is 297 g/mol. The van der Waals surface area contributed by atoms with Gasteiger partial charge >= 0.3 is 0 Å². The summed E-state index contributed by atoms with van der Waals surface area (Å²) in [7, 11) is 1.87. The third-order valence-corrected chi connectivity index (χ3v) is 4.42. The molecule has 2 aliphatic rings. The molecule has 2 heterocycles. The maximum absolute atomic E-state index is 5.72.